The number of allylic oxidation sites excluding steroid dienone is 6. The van der Waals surface area contributed by atoms with Crippen molar-refractivity contribution in [3.8, 4) is 0 Å². The van der Waals surface area contributed by atoms with Gasteiger partial charge in [-0.15, -0.1) is 0 Å². The number of carbonyl (C=O) groups is 2. The van der Waals surface area contributed by atoms with Crippen LogP contribution in [0, 0.1) is 17.3 Å². The summed E-state index contributed by atoms with van der Waals surface area (Å²) in [5.74, 6) is 0.553. The molecule has 7 heteroatoms. The Kier molecular flexibility index (Phi) is 20.8. The molecule has 1 aliphatic rings. The number of esters is 1. The molecular weight excluding hydrogens is 512 g/mol. The SMILES string of the molecule is C=N/C(=C/C=C(\CC(C)(C)COC(C)=O)C(=C)/C=C(\C)C1CCCN(CCCCCCNNC=O)C1)C(C)C.CC. The molecule has 0 aromatic rings. The van der Waals surface area contributed by atoms with Gasteiger partial charge in [-0.25, -0.2) is 5.43 Å². The lowest BCUT2D eigenvalue weighted by Crippen LogP contribution is -2.36. The Morgan fingerprint density at radius 1 is 1.15 bits per heavy atom. The molecule has 0 aliphatic carbocycles. The molecule has 1 rings (SSSR count). The number of hydrazine groups is 1. The minimum atomic E-state index is -0.258. The molecule has 7 nitrogen and oxygen atoms in total. The van der Waals surface area contributed by atoms with Crippen LogP contribution >= 0.6 is 0 Å². The summed E-state index contributed by atoms with van der Waals surface area (Å²) in [5, 5.41) is 0. The molecule has 0 bridgehead atoms. The Morgan fingerprint density at radius 3 is 2.44 bits per heavy atom. The fourth-order valence-corrected chi connectivity index (χ4v) is 4.89. The lowest BCUT2D eigenvalue weighted by molar-refractivity contribution is -0.143. The van der Waals surface area contributed by atoms with Gasteiger partial charge in [0.05, 0.1) is 6.61 Å². The zero-order valence-electron chi connectivity index (χ0n) is 27.5. The second-order valence-corrected chi connectivity index (χ2v) is 11.9. The third-order valence-electron chi connectivity index (χ3n) is 7.22. The molecule has 41 heavy (non-hydrogen) atoms. The fraction of sp³-hybridized carbons (Fsp3) is 0.676. The number of aliphatic imine (C=N–C) groups is 1. The van der Waals surface area contributed by atoms with Crippen LogP contribution in [0.2, 0.25) is 0 Å². The molecule has 1 atom stereocenters. The van der Waals surface area contributed by atoms with Gasteiger partial charge in [-0.05, 0) is 87.9 Å². The second kappa shape index (κ2) is 22.1. The third kappa shape index (κ3) is 17.8. The summed E-state index contributed by atoms with van der Waals surface area (Å²) in [5.41, 5.74) is 9.58. The van der Waals surface area contributed by atoms with Gasteiger partial charge in [0.2, 0.25) is 6.41 Å². The van der Waals surface area contributed by atoms with Crippen molar-refractivity contribution >= 4 is 19.1 Å². The van der Waals surface area contributed by atoms with E-state index in [9.17, 15) is 9.59 Å². The number of unbranched alkanes of at least 4 members (excludes halogenated alkanes) is 3. The van der Waals surface area contributed by atoms with Crippen molar-refractivity contribution in [2.45, 2.75) is 100 Å². The van der Waals surface area contributed by atoms with Gasteiger partial charge in [0.15, 0.2) is 0 Å². The molecule has 1 amide bonds. The maximum atomic E-state index is 11.4. The largest absolute Gasteiger partial charge is 0.465 e. The first-order chi connectivity index (χ1) is 19.5. The number of hydrogen-bond donors (Lipinski definition) is 2. The minimum absolute atomic E-state index is 0.224. The lowest BCUT2D eigenvalue weighted by atomic mass is 9.82. The number of hydrogen-bond acceptors (Lipinski definition) is 6. The van der Waals surface area contributed by atoms with Crippen LogP contribution in [0.15, 0.2) is 52.2 Å². The van der Waals surface area contributed by atoms with E-state index in [0.717, 1.165) is 49.3 Å². The van der Waals surface area contributed by atoms with Gasteiger partial charge in [-0.2, -0.15) is 0 Å². The monoisotopic (exact) mass is 572 g/mol. The van der Waals surface area contributed by atoms with E-state index in [1.807, 2.05) is 19.9 Å². The predicted molar refractivity (Wildman–Crippen MR) is 175 cm³/mol. The summed E-state index contributed by atoms with van der Waals surface area (Å²) in [4.78, 5) is 28.5. The fourth-order valence-electron chi connectivity index (χ4n) is 4.89. The molecule has 0 radical (unpaired) electrons. The number of rotatable bonds is 19. The van der Waals surface area contributed by atoms with Crippen molar-refractivity contribution in [3.63, 3.8) is 0 Å². The standard InChI is InChI=1S/C32H54N4O3.C2H6/c1-25(2)31(33-8)16-15-29(21-32(6,7)23-39-28(5)38)26(3)20-27(4)30-14-13-19-36(22-30)18-12-10-9-11-17-34-35-24-37;1-2/h15-16,20,24-25,30,34H,3,8-14,17-19,21-23H2,1-2,4-7H3,(H,35,37);1-2H3/b27-20+,29-15+,31-16+;. The first kappa shape index (κ1) is 38.5. The molecule has 1 saturated heterocycles. The normalized spacial score (nSPS) is 17.0. The van der Waals surface area contributed by atoms with Gasteiger partial charge < -0.3 is 9.64 Å². The number of carbonyl (C=O) groups excluding carboxylic acids is 2. The summed E-state index contributed by atoms with van der Waals surface area (Å²) < 4.78 is 5.35. The van der Waals surface area contributed by atoms with Gasteiger partial charge in [-0.1, -0.05) is 78.7 Å². The summed E-state index contributed by atoms with van der Waals surface area (Å²) >= 11 is 0. The third-order valence-corrected chi connectivity index (χ3v) is 7.22. The summed E-state index contributed by atoms with van der Waals surface area (Å²) in [6.07, 6.45) is 14.9. The number of piperidine rings is 1. The molecule has 0 aromatic carbocycles. The zero-order chi connectivity index (χ0) is 31.3. The van der Waals surface area contributed by atoms with Gasteiger partial charge in [-0.3, -0.25) is 20.0 Å². The highest BCUT2D eigenvalue weighted by molar-refractivity contribution is 5.65. The van der Waals surface area contributed by atoms with E-state index < -0.39 is 0 Å². The van der Waals surface area contributed by atoms with E-state index in [0.29, 0.717) is 18.9 Å². The Hall–Kier alpha value is -2.51. The maximum absolute atomic E-state index is 11.4. The maximum Gasteiger partial charge on any atom is 0.302 e. The Morgan fingerprint density at radius 2 is 1.83 bits per heavy atom. The van der Waals surface area contributed by atoms with Crippen molar-refractivity contribution in [3.05, 3.63) is 47.2 Å². The molecule has 234 valence electrons. The first-order valence-corrected chi connectivity index (χ1v) is 15.5. The molecule has 1 unspecified atom stereocenters. The van der Waals surface area contributed by atoms with Crippen molar-refractivity contribution in [1.29, 1.82) is 0 Å². The second-order valence-electron chi connectivity index (χ2n) is 11.9. The van der Waals surface area contributed by atoms with Crippen molar-refractivity contribution in [1.82, 2.24) is 15.8 Å². The molecular formula is C34H60N4O3. The number of nitrogens with zero attached hydrogens (tertiary/aromatic N) is 2. The molecule has 0 saturated carbocycles. The van der Waals surface area contributed by atoms with Crippen LogP contribution in [0.1, 0.15) is 100 Å². The quantitative estimate of drug-likeness (QED) is 0.0428. The van der Waals surface area contributed by atoms with Gasteiger partial charge in [0.25, 0.3) is 0 Å². The Bertz CT molecular complexity index is 886. The Labute approximate surface area is 251 Å². The summed E-state index contributed by atoms with van der Waals surface area (Å²) in [6, 6.07) is 0. The van der Waals surface area contributed by atoms with Gasteiger partial charge >= 0.3 is 5.97 Å². The van der Waals surface area contributed by atoms with Crippen molar-refractivity contribution in [2.24, 2.45) is 22.2 Å². The first-order valence-electron chi connectivity index (χ1n) is 15.5. The average molecular weight is 573 g/mol. The molecule has 1 aliphatic heterocycles. The van der Waals surface area contributed by atoms with Crippen LogP contribution < -0.4 is 10.9 Å². The molecule has 1 fully saturated rings. The molecule has 2 N–H and O–H groups in total. The molecule has 0 aromatic heterocycles. The topological polar surface area (TPSA) is 83.0 Å². The molecule has 1 heterocycles. The van der Waals surface area contributed by atoms with Crippen molar-refractivity contribution < 1.29 is 14.3 Å². The molecule has 0 spiro atoms. The van der Waals surface area contributed by atoms with E-state index in [2.05, 4.69) is 80.8 Å². The zero-order valence-corrected chi connectivity index (χ0v) is 27.5. The number of amides is 1. The highest BCUT2D eigenvalue weighted by atomic mass is 16.5. The van der Waals surface area contributed by atoms with Crippen LogP contribution in [0.4, 0.5) is 0 Å². The Balaban J connectivity index is 0.00000781. The van der Waals surface area contributed by atoms with Crippen LogP contribution in [0.5, 0.6) is 0 Å². The van der Waals surface area contributed by atoms with E-state index in [-0.39, 0.29) is 17.3 Å². The number of ether oxygens (including phenoxy) is 1. The number of likely N-dealkylation sites (tertiary alicyclic amines) is 1. The van der Waals surface area contributed by atoms with E-state index >= 15 is 0 Å². The van der Waals surface area contributed by atoms with E-state index in [4.69, 9.17) is 4.74 Å². The lowest BCUT2D eigenvalue weighted by Gasteiger charge is -2.33. The van der Waals surface area contributed by atoms with E-state index in [1.54, 1.807) is 0 Å². The average Bonchev–Trinajstić information content (AvgIpc) is 2.94. The van der Waals surface area contributed by atoms with Gasteiger partial charge in [0.1, 0.15) is 0 Å². The summed E-state index contributed by atoms with van der Waals surface area (Å²) in [7, 11) is 0. The van der Waals surface area contributed by atoms with Crippen LogP contribution in [-0.2, 0) is 14.3 Å². The number of nitrogens with one attached hydrogen (secondary N) is 2. The van der Waals surface area contributed by atoms with Crippen LogP contribution in [0.3, 0.4) is 0 Å². The summed E-state index contributed by atoms with van der Waals surface area (Å²) in [6.45, 7) is 28.9. The van der Waals surface area contributed by atoms with E-state index in [1.165, 1.54) is 51.1 Å². The predicted octanol–water partition coefficient (Wildman–Crippen LogP) is 7.18. The van der Waals surface area contributed by atoms with Gasteiger partial charge in [0, 0.05) is 31.1 Å². The highest BCUT2D eigenvalue weighted by Gasteiger charge is 2.24. The van der Waals surface area contributed by atoms with Crippen LogP contribution in [-0.4, -0.2) is 56.8 Å². The van der Waals surface area contributed by atoms with Crippen molar-refractivity contribution in [2.75, 3.05) is 32.8 Å². The highest BCUT2D eigenvalue weighted by Crippen LogP contribution is 2.32. The minimum Gasteiger partial charge on any atom is -0.465 e. The smallest absolute Gasteiger partial charge is 0.302 e. The van der Waals surface area contributed by atoms with Crippen LogP contribution in [0.25, 0.3) is 0 Å².